The summed E-state index contributed by atoms with van der Waals surface area (Å²) < 4.78 is 5.45. The third-order valence-electron chi connectivity index (χ3n) is 4.00. The van der Waals surface area contributed by atoms with Gasteiger partial charge in [0.1, 0.15) is 0 Å². The van der Waals surface area contributed by atoms with Gasteiger partial charge in [-0.1, -0.05) is 24.3 Å². The van der Waals surface area contributed by atoms with E-state index in [0.717, 1.165) is 45.9 Å². The monoisotopic (exact) mass is 246 g/mol. The lowest BCUT2D eigenvalue weighted by atomic mass is 9.97. The highest BCUT2D eigenvalue weighted by Gasteiger charge is 2.17. The van der Waals surface area contributed by atoms with Gasteiger partial charge < -0.3 is 10.1 Å². The molecule has 2 aliphatic rings. The molecule has 0 aromatic heterocycles. The molecule has 18 heavy (non-hydrogen) atoms. The van der Waals surface area contributed by atoms with E-state index in [0.29, 0.717) is 5.92 Å². The second kappa shape index (κ2) is 5.83. The first-order valence-corrected chi connectivity index (χ1v) is 7.01. The van der Waals surface area contributed by atoms with Gasteiger partial charge in [-0.3, -0.25) is 4.90 Å². The predicted molar refractivity (Wildman–Crippen MR) is 72.8 cm³/mol. The highest BCUT2D eigenvalue weighted by molar-refractivity contribution is 5.26. The number of nitrogens with one attached hydrogen (secondary N) is 1. The largest absolute Gasteiger partial charge is 0.381 e. The van der Waals surface area contributed by atoms with Crippen molar-refractivity contribution < 1.29 is 4.74 Å². The van der Waals surface area contributed by atoms with Gasteiger partial charge in [0.2, 0.25) is 0 Å². The zero-order valence-electron chi connectivity index (χ0n) is 10.9. The van der Waals surface area contributed by atoms with Crippen LogP contribution in [0.25, 0.3) is 0 Å². The van der Waals surface area contributed by atoms with Crippen LogP contribution >= 0.6 is 0 Å². The van der Waals surface area contributed by atoms with E-state index >= 15 is 0 Å². The summed E-state index contributed by atoms with van der Waals surface area (Å²) in [6.45, 7) is 7.49. The van der Waals surface area contributed by atoms with Crippen molar-refractivity contribution in [2.75, 3.05) is 39.4 Å². The zero-order chi connectivity index (χ0) is 12.2. The second-order valence-electron chi connectivity index (χ2n) is 5.33. The molecule has 2 saturated heterocycles. The van der Waals surface area contributed by atoms with E-state index in [2.05, 4.69) is 34.5 Å². The van der Waals surface area contributed by atoms with Crippen molar-refractivity contribution in [1.29, 1.82) is 0 Å². The van der Waals surface area contributed by atoms with Gasteiger partial charge in [-0.05, 0) is 17.5 Å². The predicted octanol–water partition coefficient (Wildman–Crippen LogP) is 1.60. The molecule has 2 aliphatic heterocycles. The van der Waals surface area contributed by atoms with Crippen molar-refractivity contribution in [1.82, 2.24) is 10.2 Å². The lowest BCUT2D eigenvalue weighted by Crippen LogP contribution is -2.42. The van der Waals surface area contributed by atoms with Crippen LogP contribution in [-0.2, 0) is 11.3 Å². The first kappa shape index (κ1) is 12.2. The Bertz CT molecular complexity index is 365. The van der Waals surface area contributed by atoms with Crippen molar-refractivity contribution in [2.45, 2.75) is 18.9 Å². The van der Waals surface area contributed by atoms with Gasteiger partial charge in [0, 0.05) is 45.2 Å². The molecule has 98 valence electrons. The lowest BCUT2D eigenvalue weighted by molar-refractivity contribution is 0.194. The van der Waals surface area contributed by atoms with E-state index < -0.39 is 0 Å². The van der Waals surface area contributed by atoms with Crippen molar-refractivity contribution in [3.05, 3.63) is 35.4 Å². The molecule has 0 amide bonds. The summed E-state index contributed by atoms with van der Waals surface area (Å²) >= 11 is 0. The van der Waals surface area contributed by atoms with Crippen LogP contribution in [0.4, 0.5) is 0 Å². The third kappa shape index (κ3) is 2.91. The van der Waals surface area contributed by atoms with Crippen LogP contribution in [-0.4, -0.2) is 44.3 Å². The fourth-order valence-electron chi connectivity index (χ4n) is 2.82. The molecule has 1 aromatic carbocycles. The molecule has 3 rings (SSSR count). The number of piperazine rings is 1. The van der Waals surface area contributed by atoms with Crippen molar-refractivity contribution in [3.8, 4) is 0 Å². The fourth-order valence-corrected chi connectivity index (χ4v) is 2.82. The van der Waals surface area contributed by atoms with Crippen molar-refractivity contribution in [3.63, 3.8) is 0 Å². The molecule has 0 aliphatic carbocycles. The SMILES string of the molecule is c1cc(C2CCOC2)ccc1CN1CCNCC1. The molecule has 1 unspecified atom stereocenters. The van der Waals surface area contributed by atoms with E-state index in [4.69, 9.17) is 4.74 Å². The standard InChI is InChI=1S/C15H22N2O/c1-3-14(15-5-10-18-12-15)4-2-13(1)11-17-8-6-16-7-9-17/h1-4,15-16H,5-12H2. The van der Waals surface area contributed by atoms with Gasteiger partial charge in [0.25, 0.3) is 0 Å². The summed E-state index contributed by atoms with van der Waals surface area (Å²) in [7, 11) is 0. The highest BCUT2D eigenvalue weighted by Crippen LogP contribution is 2.25. The summed E-state index contributed by atoms with van der Waals surface area (Å²) in [5, 5.41) is 3.39. The van der Waals surface area contributed by atoms with E-state index in [1.165, 1.54) is 17.5 Å². The molecule has 3 nitrogen and oxygen atoms in total. The minimum Gasteiger partial charge on any atom is -0.381 e. The van der Waals surface area contributed by atoms with Crippen LogP contribution in [0.3, 0.4) is 0 Å². The molecule has 3 heteroatoms. The van der Waals surface area contributed by atoms with Crippen LogP contribution in [0.5, 0.6) is 0 Å². The van der Waals surface area contributed by atoms with Crippen molar-refractivity contribution in [2.24, 2.45) is 0 Å². The topological polar surface area (TPSA) is 24.5 Å². The summed E-state index contributed by atoms with van der Waals surface area (Å²) in [5.74, 6) is 0.623. The molecule has 2 heterocycles. The summed E-state index contributed by atoms with van der Waals surface area (Å²) in [6, 6.07) is 9.15. The number of hydrogen-bond donors (Lipinski definition) is 1. The molecule has 0 bridgehead atoms. The number of ether oxygens (including phenoxy) is 1. The Morgan fingerprint density at radius 1 is 1.17 bits per heavy atom. The van der Waals surface area contributed by atoms with Crippen LogP contribution in [0.2, 0.25) is 0 Å². The summed E-state index contributed by atoms with van der Waals surface area (Å²) in [5.41, 5.74) is 2.87. The molecular weight excluding hydrogens is 224 g/mol. The quantitative estimate of drug-likeness (QED) is 0.876. The van der Waals surface area contributed by atoms with E-state index in [1.807, 2.05) is 0 Å². The van der Waals surface area contributed by atoms with Crippen LogP contribution in [0, 0.1) is 0 Å². The van der Waals surface area contributed by atoms with Crippen molar-refractivity contribution >= 4 is 0 Å². The Balaban J connectivity index is 1.59. The average Bonchev–Trinajstić information content (AvgIpc) is 2.95. The van der Waals surface area contributed by atoms with Gasteiger partial charge in [-0.15, -0.1) is 0 Å². The van der Waals surface area contributed by atoms with Gasteiger partial charge in [-0.2, -0.15) is 0 Å². The molecule has 1 aromatic rings. The zero-order valence-corrected chi connectivity index (χ0v) is 10.9. The van der Waals surface area contributed by atoms with Crippen LogP contribution < -0.4 is 5.32 Å². The fraction of sp³-hybridized carbons (Fsp3) is 0.600. The maximum atomic E-state index is 5.45. The molecule has 0 spiro atoms. The molecule has 0 radical (unpaired) electrons. The molecule has 2 fully saturated rings. The maximum absolute atomic E-state index is 5.45. The minimum absolute atomic E-state index is 0.623. The second-order valence-corrected chi connectivity index (χ2v) is 5.33. The summed E-state index contributed by atoms with van der Waals surface area (Å²) in [4.78, 5) is 2.52. The van der Waals surface area contributed by atoms with Gasteiger partial charge >= 0.3 is 0 Å². The van der Waals surface area contributed by atoms with E-state index in [-0.39, 0.29) is 0 Å². The Kier molecular flexibility index (Phi) is 3.93. The minimum atomic E-state index is 0.623. The molecule has 1 N–H and O–H groups in total. The number of nitrogens with zero attached hydrogens (tertiary/aromatic N) is 1. The Labute approximate surface area is 109 Å². The average molecular weight is 246 g/mol. The Morgan fingerprint density at radius 3 is 2.61 bits per heavy atom. The lowest BCUT2D eigenvalue weighted by Gasteiger charge is -2.27. The molecule has 1 atom stereocenters. The maximum Gasteiger partial charge on any atom is 0.0535 e. The van der Waals surface area contributed by atoms with Gasteiger partial charge in [-0.25, -0.2) is 0 Å². The Hall–Kier alpha value is -0.900. The van der Waals surface area contributed by atoms with Crippen LogP contribution in [0.15, 0.2) is 24.3 Å². The van der Waals surface area contributed by atoms with Crippen LogP contribution in [0.1, 0.15) is 23.5 Å². The first-order chi connectivity index (χ1) is 8.92. The van der Waals surface area contributed by atoms with Gasteiger partial charge in [0.05, 0.1) is 6.61 Å². The normalized spacial score (nSPS) is 25.4. The number of benzene rings is 1. The van der Waals surface area contributed by atoms with Gasteiger partial charge in [0.15, 0.2) is 0 Å². The number of hydrogen-bond acceptors (Lipinski definition) is 3. The van der Waals surface area contributed by atoms with E-state index in [9.17, 15) is 0 Å². The molecule has 0 saturated carbocycles. The smallest absolute Gasteiger partial charge is 0.0535 e. The van der Waals surface area contributed by atoms with E-state index in [1.54, 1.807) is 0 Å². The Morgan fingerprint density at radius 2 is 1.94 bits per heavy atom. The first-order valence-electron chi connectivity index (χ1n) is 7.01. The molecular formula is C15H22N2O. The highest BCUT2D eigenvalue weighted by atomic mass is 16.5. The summed E-state index contributed by atoms with van der Waals surface area (Å²) in [6.07, 6.45) is 1.18. The number of rotatable bonds is 3. The third-order valence-corrected chi connectivity index (χ3v) is 4.00.